The fourth-order valence-electron chi connectivity index (χ4n) is 2.70. The number of nitrogens with one attached hydrogen (secondary N) is 1. The minimum atomic E-state index is -3.57. The van der Waals surface area contributed by atoms with Crippen molar-refractivity contribution in [2.75, 3.05) is 32.6 Å². The van der Waals surface area contributed by atoms with Gasteiger partial charge in [-0.05, 0) is 48.4 Å². The molecule has 0 spiro atoms. The van der Waals surface area contributed by atoms with Crippen molar-refractivity contribution >= 4 is 21.8 Å². The summed E-state index contributed by atoms with van der Waals surface area (Å²) in [4.78, 5) is 12.6. The standard InChI is InChI=1S/C20H27N3O4S/c1-6-19(15-9-13-18(27-5)14-10-15)21-20(24)16-7-11-17(12-8-16)23(4)28(25,26)22(2)3/h7-14,19H,6H2,1-5H3,(H,21,24)/t19-/m0/s1. The maximum Gasteiger partial charge on any atom is 0.303 e. The predicted octanol–water partition coefficient (Wildman–Crippen LogP) is 2.82. The van der Waals surface area contributed by atoms with E-state index in [9.17, 15) is 13.2 Å². The van der Waals surface area contributed by atoms with Gasteiger partial charge in [0.05, 0.1) is 18.8 Å². The molecule has 0 heterocycles. The number of amides is 1. The zero-order valence-corrected chi connectivity index (χ0v) is 17.7. The van der Waals surface area contributed by atoms with Gasteiger partial charge in [-0.3, -0.25) is 9.10 Å². The van der Waals surface area contributed by atoms with Gasteiger partial charge in [0.25, 0.3) is 5.91 Å². The molecule has 0 saturated heterocycles. The molecule has 2 aromatic rings. The SMILES string of the molecule is CC[C@H](NC(=O)c1ccc(N(C)S(=O)(=O)N(C)C)cc1)c1ccc(OC)cc1. The van der Waals surface area contributed by atoms with E-state index in [0.29, 0.717) is 11.3 Å². The third kappa shape index (κ3) is 4.82. The van der Waals surface area contributed by atoms with Crippen LogP contribution in [0.5, 0.6) is 5.75 Å². The number of anilines is 1. The molecule has 7 nitrogen and oxygen atoms in total. The molecule has 28 heavy (non-hydrogen) atoms. The summed E-state index contributed by atoms with van der Waals surface area (Å²) in [7, 11) is 2.45. The van der Waals surface area contributed by atoms with E-state index >= 15 is 0 Å². The Kier molecular flexibility index (Phi) is 7.04. The topological polar surface area (TPSA) is 79.0 Å². The van der Waals surface area contributed by atoms with E-state index in [0.717, 1.165) is 22.0 Å². The van der Waals surface area contributed by atoms with E-state index in [1.165, 1.54) is 25.4 Å². The van der Waals surface area contributed by atoms with Crippen LogP contribution in [0.3, 0.4) is 0 Å². The molecular formula is C20H27N3O4S. The number of hydrogen-bond acceptors (Lipinski definition) is 4. The second kappa shape index (κ2) is 9.07. The van der Waals surface area contributed by atoms with Crippen molar-refractivity contribution < 1.29 is 17.9 Å². The lowest BCUT2D eigenvalue weighted by Gasteiger charge is -2.23. The minimum Gasteiger partial charge on any atom is -0.497 e. The van der Waals surface area contributed by atoms with E-state index in [2.05, 4.69) is 5.32 Å². The molecule has 0 fully saturated rings. The van der Waals surface area contributed by atoms with Crippen molar-refractivity contribution in [1.29, 1.82) is 0 Å². The molecule has 0 aliphatic carbocycles. The van der Waals surface area contributed by atoms with Crippen molar-refractivity contribution in [2.24, 2.45) is 0 Å². The normalized spacial score (nSPS) is 12.5. The molecule has 1 amide bonds. The Morgan fingerprint density at radius 1 is 1.04 bits per heavy atom. The Labute approximate surface area is 167 Å². The fraction of sp³-hybridized carbons (Fsp3) is 0.350. The quantitative estimate of drug-likeness (QED) is 0.732. The van der Waals surface area contributed by atoms with Gasteiger partial charge in [0, 0.05) is 26.7 Å². The molecule has 0 unspecified atom stereocenters. The lowest BCUT2D eigenvalue weighted by atomic mass is 10.0. The summed E-state index contributed by atoms with van der Waals surface area (Å²) in [5, 5.41) is 3.01. The minimum absolute atomic E-state index is 0.130. The second-order valence-corrected chi connectivity index (χ2v) is 8.69. The highest BCUT2D eigenvalue weighted by molar-refractivity contribution is 7.90. The van der Waals surface area contributed by atoms with Crippen molar-refractivity contribution in [3.05, 3.63) is 59.7 Å². The van der Waals surface area contributed by atoms with Crippen molar-refractivity contribution in [3.8, 4) is 5.75 Å². The van der Waals surface area contributed by atoms with Gasteiger partial charge >= 0.3 is 10.2 Å². The van der Waals surface area contributed by atoms with Gasteiger partial charge in [0.15, 0.2) is 0 Å². The molecule has 1 N–H and O–H groups in total. The van der Waals surface area contributed by atoms with Crippen LogP contribution >= 0.6 is 0 Å². The van der Waals surface area contributed by atoms with E-state index in [-0.39, 0.29) is 11.9 Å². The summed E-state index contributed by atoms with van der Waals surface area (Å²) < 4.78 is 31.9. The van der Waals surface area contributed by atoms with E-state index in [1.807, 2.05) is 31.2 Å². The number of hydrogen-bond donors (Lipinski definition) is 1. The average Bonchev–Trinajstić information content (AvgIpc) is 2.71. The molecule has 1 atom stereocenters. The Morgan fingerprint density at radius 3 is 2.07 bits per heavy atom. The predicted molar refractivity (Wildman–Crippen MR) is 111 cm³/mol. The molecule has 2 rings (SSSR count). The first-order valence-corrected chi connectivity index (χ1v) is 10.3. The summed E-state index contributed by atoms with van der Waals surface area (Å²) in [6.07, 6.45) is 0.736. The average molecular weight is 406 g/mol. The molecular weight excluding hydrogens is 378 g/mol. The lowest BCUT2D eigenvalue weighted by Crippen LogP contribution is -2.37. The monoisotopic (exact) mass is 405 g/mol. The van der Waals surface area contributed by atoms with Gasteiger partial charge in [0.1, 0.15) is 5.75 Å². The van der Waals surface area contributed by atoms with Crippen LogP contribution < -0.4 is 14.4 Å². The zero-order chi connectivity index (χ0) is 20.9. The van der Waals surface area contributed by atoms with Crippen molar-refractivity contribution in [3.63, 3.8) is 0 Å². The Bertz CT molecular complexity index is 894. The van der Waals surface area contributed by atoms with Crippen LogP contribution in [0.15, 0.2) is 48.5 Å². The summed E-state index contributed by atoms with van der Waals surface area (Å²) >= 11 is 0. The van der Waals surface area contributed by atoms with Gasteiger partial charge in [-0.1, -0.05) is 19.1 Å². The Hall–Kier alpha value is -2.58. The van der Waals surface area contributed by atoms with Gasteiger partial charge in [-0.25, -0.2) is 0 Å². The largest absolute Gasteiger partial charge is 0.497 e. The van der Waals surface area contributed by atoms with Crippen molar-refractivity contribution in [2.45, 2.75) is 19.4 Å². The highest BCUT2D eigenvalue weighted by Gasteiger charge is 2.21. The number of carbonyl (C=O) groups is 1. The van der Waals surface area contributed by atoms with Gasteiger partial charge in [0.2, 0.25) is 0 Å². The molecule has 0 aliphatic rings. The number of ether oxygens (including phenoxy) is 1. The van der Waals surface area contributed by atoms with Crippen LogP contribution in [0.4, 0.5) is 5.69 Å². The summed E-state index contributed by atoms with van der Waals surface area (Å²) in [5.74, 6) is 0.546. The van der Waals surface area contributed by atoms with E-state index < -0.39 is 10.2 Å². The van der Waals surface area contributed by atoms with Crippen LogP contribution in [0.25, 0.3) is 0 Å². The molecule has 0 aromatic heterocycles. The third-order valence-corrected chi connectivity index (χ3v) is 6.36. The maximum absolute atomic E-state index is 12.6. The third-order valence-electron chi connectivity index (χ3n) is 4.53. The highest BCUT2D eigenvalue weighted by Crippen LogP contribution is 2.22. The first-order chi connectivity index (χ1) is 13.2. The van der Waals surface area contributed by atoms with Gasteiger partial charge in [-0.15, -0.1) is 0 Å². The van der Waals surface area contributed by atoms with E-state index in [1.54, 1.807) is 31.4 Å². The number of rotatable bonds is 8. The molecule has 0 bridgehead atoms. The maximum atomic E-state index is 12.6. The van der Waals surface area contributed by atoms with Crippen LogP contribution in [-0.2, 0) is 10.2 Å². The highest BCUT2D eigenvalue weighted by atomic mass is 32.2. The fourth-order valence-corrected chi connectivity index (χ4v) is 3.58. The summed E-state index contributed by atoms with van der Waals surface area (Å²) in [5.41, 5.74) is 1.93. The number of methoxy groups -OCH3 is 1. The lowest BCUT2D eigenvalue weighted by molar-refractivity contribution is 0.0935. The molecule has 0 saturated carbocycles. The van der Waals surface area contributed by atoms with Crippen LogP contribution in [0, 0.1) is 0 Å². The molecule has 8 heteroatoms. The number of benzene rings is 2. The van der Waals surface area contributed by atoms with Crippen LogP contribution in [0.2, 0.25) is 0 Å². The molecule has 152 valence electrons. The number of carbonyl (C=O) groups excluding carboxylic acids is 1. The van der Waals surface area contributed by atoms with E-state index in [4.69, 9.17) is 4.74 Å². The first-order valence-electron chi connectivity index (χ1n) is 8.92. The van der Waals surface area contributed by atoms with Crippen LogP contribution in [-0.4, -0.2) is 46.9 Å². The molecule has 2 aromatic carbocycles. The van der Waals surface area contributed by atoms with Gasteiger partial charge < -0.3 is 10.1 Å². The zero-order valence-electron chi connectivity index (χ0n) is 16.8. The first kappa shape index (κ1) is 21.7. The Balaban J connectivity index is 2.13. The smallest absolute Gasteiger partial charge is 0.303 e. The van der Waals surface area contributed by atoms with Crippen LogP contribution in [0.1, 0.15) is 35.3 Å². The number of nitrogens with zero attached hydrogens (tertiary/aromatic N) is 2. The Morgan fingerprint density at radius 2 is 1.61 bits per heavy atom. The molecule has 0 aliphatic heterocycles. The van der Waals surface area contributed by atoms with Crippen molar-refractivity contribution in [1.82, 2.24) is 9.62 Å². The van der Waals surface area contributed by atoms with Gasteiger partial charge in [-0.2, -0.15) is 12.7 Å². The summed E-state index contributed by atoms with van der Waals surface area (Å²) in [6.45, 7) is 2.00. The second-order valence-electron chi connectivity index (χ2n) is 6.51. The molecule has 0 radical (unpaired) electrons. The summed E-state index contributed by atoms with van der Waals surface area (Å²) in [6, 6.07) is 13.9.